The van der Waals surface area contributed by atoms with E-state index in [0.717, 1.165) is 43.2 Å². The second-order valence-corrected chi connectivity index (χ2v) is 6.58. The summed E-state index contributed by atoms with van der Waals surface area (Å²) in [5.41, 5.74) is 2.56. The topological polar surface area (TPSA) is 65.1 Å². The average Bonchev–Trinajstić information content (AvgIpc) is 3.03. The van der Waals surface area contributed by atoms with E-state index in [4.69, 9.17) is 13.9 Å². The molecule has 0 spiro atoms. The second kappa shape index (κ2) is 7.19. The van der Waals surface area contributed by atoms with Crippen molar-refractivity contribution < 1.29 is 23.6 Å². The van der Waals surface area contributed by atoms with Gasteiger partial charge in [0.05, 0.1) is 32.6 Å². The fraction of sp³-hybridized carbons (Fsp3) is 0.421. The number of fused-ring (bicyclic) bond motifs is 2. The molecule has 6 nitrogen and oxygen atoms in total. The number of amides is 1. The summed E-state index contributed by atoms with van der Waals surface area (Å²) in [5.74, 6) is 2.51. The second-order valence-electron chi connectivity index (χ2n) is 6.58. The zero-order valence-electron chi connectivity index (χ0n) is 14.2. The van der Waals surface area contributed by atoms with E-state index in [9.17, 15) is 4.79 Å². The molecule has 0 saturated heterocycles. The number of nitrogens with one attached hydrogen (secondary N) is 2. The van der Waals surface area contributed by atoms with Crippen LogP contribution in [0.4, 0.5) is 0 Å². The van der Waals surface area contributed by atoms with Gasteiger partial charge in [0.15, 0.2) is 18.0 Å². The van der Waals surface area contributed by atoms with Crippen LogP contribution in [0.15, 0.2) is 34.9 Å². The third kappa shape index (κ3) is 3.79. The Morgan fingerprint density at radius 2 is 1.96 bits per heavy atom. The number of benzene rings is 1. The molecule has 6 heteroatoms. The summed E-state index contributed by atoms with van der Waals surface area (Å²) in [6, 6.07) is 7.89. The first-order chi connectivity index (χ1) is 12.3. The molecule has 0 saturated carbocycles. The van der Waals surface area contributed by atoms with Crippen LogP contribution in [0.3, 0.4) is 0 Å². The lowest BCUT2D eigenvalue weighted by Gasteiger charge is -2.26. The fourth-order valence-corrected chi connectivity index (χ4v) is 3.40. The van der Waals surface area contributed by atoms with E-state index < -0.39 is 0 Å². The van der Waals surface area contributed by atoms with Crippen molar-refractivity contribution in [2.75, 3.05) is 26.3 Å². The fourth-order valence-electron chi connectivity index (χ4n) is 3.40. The number of carbonyl (C=O) groups is 1. The van der Waals surface area contributed by atoms with Crippen molar-refractivity contribution >= 4 is 5.91 Å². The highest BCUT2D eigenvalue weighted by Crippen LogP contribution is 2.33. The minimum atomic E-state index is 0.0455. The van der Waals surface area contributed by atoms with Gasteiger partial charge in [0.1, 0.15) is 12.3 Å². The van der Waals surface area contributed by atoms with Crippen molar-refractivity contribution in [3.05, 3.63) is 47.4 Å². The monoisotopic (exact) mass is 343 g/mol. The maximum absolute atomic E-state index is 12.2. The van der Waals surface area contributed by atoms with E-state index in [2.05, 4.69) is 17.4 Å². The average molecular weight is 343 g/mol. The quantitative estimate of drug-likeness (QED) is 0.858. The number of furan rings is 1. The zero-order valence-corrected chi connectivity index (χ0v) is 14.2. The predicted molar refractivity (Wildman–Crippen MR) is 90.7 cm³/mol. The molecule has 132 valence electrons. The summed E-state index contributed by atoms with van der Waals surface area (Å²) in [7, 11) is 0. The molecule has 0 bridgehead atoms. The van der Waals surface area contributed by atoms with Gasteiger partial charge in [-0.1, -0.05) is 0 Å². The van der Waals surface area contributed by atoms with E-state index >= 15 is 0 Å². The van der Waals surface area contributed by atoms with Crippen LogP contribution in [0.1, 0.15) is 23.3 Å². The Balaban J connectivity index is 1.37. The SMILES string of the molecule is O=C(C[NH+]1CCc2cc3c(cc2C1)OCCCO3)NCc1ccco1. The summed E-state index contributed by atoms with van der Waals surface area (Å²) < 4.78 is 16.8. The van der Waals surface area contributed by atoms with Crippen LogP contribution in [0.5, 0.6) is 11.5 Å². The van der Waals surface area contributed by atoms with Gasteiger partial charge < -0.3 is 24.1 Å². The van der Waals surface area contributed by atoms with E-state index in [0.29, 0.717) is 26.3 Å². The Morgan fingerprint density at radius 1 is 1.16 bits per heavy atom. The number of rotatable bonds is 4. The van der Waals surface area contributed by atoms with E-state index in [-0.39, 0.29) is 5.91 Å². The van der Waals surface area contributed by atoms with Gasteiger partial charge in [0.25, 0.3) is 5.91 Å². The molecule has 1 aromatic heterocycles. The summed E-state index contributed by atoms with van der Waals surface area (Å²) >= 11 is 0. The molecule has 2 aliphatic rings. The van der Waals surface area contributed by atoms with Crippen LogP contribution in [-0.4, -0.2) is 32.2 Å². The molecule has 1 amide bonds. The summed E-state index contributed by atoms with van der Waals surface area (Å²) in [6.45, 7) is 4.08. The first-order valence-electron chi connectivity index (χ1n) is 8.82. The van der Waals surface area contributed by atoms with Crippen LogP contribution >= 0.6 is 0 Å². The molecule has 4 rings (SSSR count). The van der Waals surface area contributed by atoms with Crippen LogP contribution in [-0.2, 0) is 24.3 Å². The van der Waals surface area contributed by atoms with Crippen molar-refractivity contribution in [3.8, 4) is 11.5 Å². The summed E-state index contributed by atoms with van der Waals surface area (Å²) in [5, 5.41) is 2.92. The van der Waals surface area contributed by atoms with Gasteiger partial charge in [0.2, 0.25) is 0 Å². The Kier molecular flexibility index (Phi) is 4.61. The molecule has 25 heavy (non-hydrogen) atoms. The Bertz CT molecular complexity index is 742. The Morgan fingerprint density at radius 3 is 2.72 bits per heavy atom. The summed E-state index contributed by atoms with van der Waals surface area (Å²) in [4.78, 5) is 13.4. The van der Waals surface area contributed by atoms with Crippen molar-refractivity contribution in [1.82, 2.24) is 5.32 Å². The third-order valence-corrected chi connectivity index (χ3v) is 4.71. The highest BCUT2D eigenvalue weighted by molar-refractivity contribution is 5.76. The van der Waals surface area contributed by atoms with Gasteiger partial charge in [0, 0.05) is 18.4 Å². The minimum absolute atomic E-state index is 0.0455. The van der Waals surface area contributed by atoms with Crippen molar-refractivity contribution in [1.29, 1.82) is 0 Å². The van der Waals surface area contributed by atoms with Crippen molar-refractivity contribution in [3.63, 3.8) is 0 Å². The Labute approximate surface area is 146 Å². The van der Waals surface area contributed by atoms with Crippen molar-refractivity contribution in [2.45, 2.75) is 25.9 Å². The lowest BCUT2D eigenvalue weighted by molar-refractivity contribution is -0.908. The van der Waals surface area contributed by atoms with Crippen molar-refractivity contribution in [2.24, 2.45) is 0 Å². The third-order valence-electron chi connectivity index (χ3n) is 4.71. The van der Waals surface area contributed by atoms with Gasteiger partial charge in [-0.15, -0.1) is 0 Å². The number of ether oxygens (including phenoxy) is 2. The minimum Gasteiger partial charge on any atom is -0.490 e. The largest absolute Gasteiger partial charge is 0.490 e. The number of quaternary nitrogens is 1. The molecule has 1 unspecified atom stereocenters. The standard InChI is InChI=1S/C19H22N2O4/c22-19(20-11-16-3-1-6-23-16)13-21-5-4-14-9-17-18(10-15(14)12-21)25-8-2-7-24-17/h1,3,6,9-10H,2,4-5,7-8,11-13H2,(H,20,22)/p+1. The maximum atomic E-state index is 12.2. The number of carbonyl (C=O) groups excluding carboxylic acids is 1. The first kappa shape index (κ1) is 16.0. The number of hydrogen-bond donors (Lipinski definition) is 2. The van der Waals surface area contributed by atoms with E-state index in [1.807, 2.05) is 12.1 Å². The Hall–Kier alpha value is -2.47. The molecule has 2 N–H and O–H groups in total. The molecule has 0 aliphatic carbocycles. The van der Waals surface area contributed by atoms with Gasteiger partial charge in [-0.05, 0) is 29.8 Å². The lowest BCUT2D eigenvalue weighted by atomic mass is 9.99. The number of hydrogen-bond acceptors (Lipinski definition) is 4. The van der Waals surface area contributed by atoms with E-state index in [1.165, 1.54) is 16.0 Å². The van der Waals surface area contributed by atoms with Crippen LogP contribution in [0.25, 0.3) is 0 Å². The normalized spacial score (nSPS) is 19.0. The molecule has 1 aromatic carbocycles. The smallest absolute Gasteiger partial charge is 0.275 e. The van der Waals surface area contributed by atoms with Gasteiger partial charge in [-0.3, -0.25) is 4.79 Å². The van der Waals surface area contributed by atoms with Gasteiger partial charge >= 0.3 is 0 Å². The highest BCUT2D eigenvalue weighted by Gasteiger charge is 2.24. The van der Waals surface area contributed by atoms with Gasteiger partial charge in [-0.25, -0.2) is 0 Å². The van der Waals surface area contributed by atoms with Gasteiger partial charge in [-0.2, -0.15) is 0 Å². The first-order valence-corrected chi connectivity index (χ1v) is 8.82. The molecule has 3 heterocycles. The zero-order chi connectivity index (χ0) is 17.1. The summed E-state index contributed by atoms with van der Waals surface area (Å²) in [6.07, 6.45) is 3.47. The highest BCUT2D eigenvalue weighted by atomic mass is 16.5. The molecular formula is C19H23N2O4+. The van der Waals surface area contributed by atoms with Crippen LogP contribution in [0, 0.1) is 0 Å². The molecule has 0 radical (unpaired) electrons. The molecular weight excluding hydrogens is 320 g/mol. The van der Waals surface area contributed by atoms with Crippen LogP contribution in [0.2, 0.25) is 0 Å². The van der Waals surface area contributed by atoms with E-state index in [1.54, 1.807) is 6.26 Å². The predicted octanol–water partition coefficient (Wildman–Crippen LogP) is 0.698. The lowest BCUT2D eigenvalue weighted by Crippen LogP contribution is -3.12. The maximum Gasteiger partial charge on any atom is 0.275 e. The molecule has 2 aliphatic heterocycles. The van der Waals surface area contributed by atoms with Crippen LogP contribution < -0.4 is 19.7 Å². The molecule has 1 atom stereocenters. The molecule has 0 fully saturated rings. The molecule has 2 aromatic rings.